The summed E-state index contributed by atoms with van der Waals surface area (Å²) < 4.78 is 6.98. The lowest BCUT2D eigenvalue weighted by Gasteiger charge is -2.14. The number of hydrogen-bond acceptors (Lipinski definition) is 7. The molecule has 25 heavy (non-hydrogen) atoms. The van der Waals surface area contributed by atoms with Crippen LogP contribution in [0.2, 0.25) is 0 Å². The van der Waals surface area contributed by atoms with E-state index >= 15 is 0 Å². The van der Waals surface area contributed by atoms with Crippen LogP contribution in [-0.2, 0) is 0 Å². The number of ether oxygens (including phenoxy) is 1. The predicted molar refractivity (Wildman–Crippen MR) is 92.2 cm³/mol. The van der Waals surface area contributed by atoms with Gasteiger partial charge >= 0.3 is 0 Å². The summed E-state index contributed by atoms with van der Waals surface area (Å²) in [6.45, 7) is 0. The Morgan fingerprint density at radius 3 is 2.76 bits per heavy atom. The van der Waals surface area contributed by atoms with E-state index in [1.54, 1.807) is 41.7 Å². The average Bonchev–Trinajstić information content (AvgIpc) is 3.22. The summed E-state index contributed by atoms with van der Waals surface area (Å²) in [5.74, 6) is 1.39. The molecule has 3 aromatic rings. The van der Waals surface area contributed by atoms with Crippen molar-refractivity contribution in [2.24, 2.45) is 0 Å². The lowest BCUT2D eigenvalue weighted by Crippen LogP contribution is -2.99. The zero-order valence-electron chi connectivity index (χ0n) is 13.2. The molecule has 0 spiro atoms. The predicted octanol–water partition coefficient (Wildman–Crippen LogP) is 1.71. The van der Waals surface area contributed by atoms with E-state index in [0.29, 0.717) is 11.4 Å². The summed E-state index contributed by atoms with van der Waals surface area (Å²) in [6, 6.07) is 14.5. The first kappa shape index (κ1) is 15.9. The van der Waals surface area contributed by atoms with Crippen LogP contribution in [-0.4, -0.2) is 27.2 Å². The van der Waals surface area contributed by atoms with Crippen molar-refractivity contribution in [2.75, 3.05) is 12.5 Å². The first-order chi connectivity index (χ1) is 12.2. The van der Waals surface area contributed by atoms with Crippen LogP contribution in [0.25, 0.3) is 11.4 Å². The molecule has 4 rings (SSSR count). The molecule has 8 nitrogen and oxygen atoms in total. The van der Waals surface area contributed by atoms with E-state index < -0.39 is 5.23 Å². The standard InChI is InChI=1S/C16H15N5O3S/c1-24-13-7-5-10(6-8-13)15-19-20-14(17-18-16(20)25-15)11-3-2-4-12(9-11)21(22)23/h2-9,15,19,21-22H,1H3. The molecule has 0 saturated heterocycles. The second kappa shape index (κ2) is 6.37. The van der Waals surface area contributed by atoms with Crippen LogP contribution in [0.3, 0.4) is 0 Å². The molecule has 2 aromatic carbocycles. The Kier molecular flexibility index (Phi) is 4.06. The quantitative estimate of drug-likeness (QED) is 0.611. The second-order valence-electron chi connectivity index (χ2n) is 5.43. The van der Waals surface area contributed by atoms with Gasteiger partial charge in [0.1, 0.15) is 11.1 Å². The van der Waals surface area contributed by atoms with Gasteiger partial charge in [-0.25, -0.2) is 9.88 Å². The fourth-order valence-corrected chi connectivity index (χ4v) is 3.61. The van der Waals surface area contributed by atoms with E-state index in [9.17, 15) is 5.21 Å². The third-order valence-corrected chi connectivity index (χ3v) is 4.98. The molecule has 0 saturated carbocycles. The van der Waals surface area contributed by atoms with Gasteiger partial charge in [-0.1, -0.05) is 36.0 Å². The summed E-state index contributed by atoms with van der Waals surface area (Å²) >= 11 is 1.55. The number of quaternary nitrogens is 1. The number of aromatic nitrogens is 3. The molecule has 1 aromatic heterocycles. The van der Waals surface area contributed by atoms with Crippen molar-refractivity contribution >= 4 is 17.4 Å². The van der Waals surface area contributed by atoms with Crippen LogP contribution in [0.1, 0.15) is 10.9 Å². The molecule has 0 aliphatic carbocycles. The lowest BCUT2D eigenvalue weighted by molar-refractivity contribution is -0.991. The highest BCUT2D eigenvalue weighted by molar-refractivity contribution is 7.99. The van der Waals surface area contributed by atoms with Gasteiger partial charge in [-0.05, 0) is 17.7 Å². The highest BCUT2D eigenvalue weighted by Crippen LogP contribution is 2.40. The average molecular weight is 357 g/mol. The SMILES string of the molecule is COc1ccc(C2Nn3c(nnc3-c3cccc([NH+]([O-])O)c3)S2)cc1. The molecule has 1 aliphatic heterocycles. The third-order valence-electron chi connectivity index (χ3n) is 3.89. The maximum atomic E-state index is 11.2. The highest BCUT2D eigenvalue weighted by Gasteiger charge is 2.28. The van der Waals surface area contributed by atoms with Gasteiger partial charge < -0.3 is 15.4 Å². The molecule has 1 aliphatic rings. The van der Waals surface area contributed by atoms with E-state index in [2.05, 4.69) is 15.6 Å². The molecule has 0 radical (unpaired) electrons. The number of rotatable bonds is 4. The lowest BCUT2D eigenvalue weighted by atomic mass is 10.2. The molecule has 2 heterocycles. The van der Waals surface area contributed by atoms with Gasteiger partial charge in [0.05, 0.1) is 7.11 Å². The van der Waals surface area contributed by atoms with E-state index in [1.807, 2.05) is 30.3 Å². The highest BCUT2D eigenvalue weighted by atomic mass is 32.2. The van der Waals surface area contributed by atoms with Crippen LogP contribution in [0, 0.1) is 5.21 Å². The Labute approximate surface area is 147 Å². The minimum absolute atomic E-state index is 0.00203. The third kappa shape index (κ3) is 2.94. The Morgan fingerprint density at radius 2 is 2.04 bits per heavy atom. The number of hydrogen-bond donors (Lipinski definition) is 3. The Balaban J connectivity index is 1.62. The summed E-state index contributed by atoms with van der Waals surface area (Å²) in [5, 5.41) is 28.5. The molecular formula is C16H15N5O3S. The maximum Gasteiger partial charge on any atom is 0.212 e. The van der Waals surface area contributed by atoms with Gasteiger partial charge in [0.15, 0.2) is 11.5 Å². The van der Waals surface area contributed by atoms with Crippen LogP contribution < -0.4 is 15.4 Å². The van der Waals surface area contributed by atoms with Gasteiger partial charge in [-0.3, -0.25) is 0 Å². The Bertz CT molecular complexity index is 897. The van der Waals surface area contributed by atoms with E-state index in [1.165, 1.54) is 0 Å². The Hall–Kier alpha value is -2.59. The molecular weight excluding hydrogens is 342 g/mol. The van der Waals surface area contributed by atoms with Gasteiger partial charge in [-0.15, -0.1) is 10.2 Å². The van der Waals surface area contributed by atoms with Crippen molar-refractivity contribution in [3.8, 4) is 17.1 Å². The van der Waals surface area contributed by atoms with Crippen molar-refractivity contribution in [3.05, 3.63) is 59.3 Å². The van der Waals surface area contributed by atoms with Crippen LogP contribution in [0.4, 0.5) is 5.69 Å². The fourth-order valence-electron chi connectivity index (χ4n) is 2.61. The molecule has 2 atom stereocenters. The number of nitrogens with one attached hydrogen (secondary N) is 2. The van der Waals surface area contributed by atoms with Crippen molar-refractivity contribution in [1.82, 2.24) is 14.9 Å². The summed E-state index contributed by atoms with van der Waals surface area (Å²) in [5.41, 5.74) is 5.35. The summed E-state index contributed by atoms with van der Waals surface area (Å²) in [7, 11) is 1.64. The number of nitrogens with zero attached hydrogens (tertiary/aromatic N) is 3. The molecule has 0 amide bonds. The fraction of sp³-hybridized carbons (Fsp3) is 0.125. The van der Waals surface area contributed by atoms with Crippen molar-refractivity contribution in [3.63, 3.8) is 0 Å². The second-order valence-corrected chi connectivity index (χ2v) is 6.50. The first-order valence-electron chi connectivity index (χ1n) is 7.52. The zero-order valence-corrected chi connectivity index (χ0v) is 14.0. The molecule has 2 unspecified atom stereocenters. The van der Waals surface area contributed by atoms with Gasteiger partial charge in [-0.2, -0.15) is 5.23 Å². The number of methoxy groups -OCH3 is 1. The van der Waals surface area contributed by atoms with E-state index in [4.69, 9.17) is 9.94 Å². The van der Waals surface area contributed by atoms with Crippen molar-refractivity contribution < 1.29 is 15.2 Å². The van der Waals surface area contributed by atoms with Crippen molar-refractivity contribution in [2.45, 2.75) is 10.5 Å². The Morgan fingerprint density at radius 1 is 1.24 bits per heavy atom. The maximum absolute atomic E-state index is 11.2. The van der Waals surface area contributed by atoms with E-state index in [0.717, 1.165) is 16.5 Å². The minimum Gasteiger partial charge on any atom is -0.595 e. The van der Waals surface area contributed by atoms with Crippen LogP contribution in [0.5, 0.6) is 5.75 Å². The summed E-state index contributed by atoms with van der Waals surface area (Å²) in [4.78, 5) is 0. The van der Waals surface area contributed by atoms with Crippen LogP contribution >= 0.6 is 11.8 Å². The number of benzene rings is 2. The topological polar surface area (TPSA) is 99.7 Å². The monoisotopic (exact) mass is 357 g/mol. The molecule has 3 N–H and O–H groups in total. The summed E-state index contributed by atoms with van der Waals surface area (Å²) in [6.07, 6.45) is 0. The molecule has 128 valence electrons. The smallest absolute Gasteiger partial charge is 0.212 e. The molecule has 0 bridgehead atoms. The number of thioether (sulfide) groups is 1. The van der Waals surface area contributed by atoms with Crippen molar-refractivity contribution in [1.29, 1.82) is 0 Å². The van der Waals surface area contributed by atoms with Gasteiger partial charge in [0.2, 0.25) is 5.16 Å². The minimum atomic E-state index is -0.971. The van der Waals surface area contributed by atoms with E-state index in [-0.39, 0.29) is 11.1 Å². The van der Waals surface area contributed by atoms with Gasteiger partial charge in [0.25, 0.3) is 0 Å². The zero-order chi connectivity index (χ0) is 17.4. The number of fused-ring (bicyclic) bond motifs is 1. The molecule has 9 heteroatoms. The molecule has 0 fully saturated rings. The first-order valence-corrected chi connectivity index (χ1v) is 8.40. The normalized spacial score (nSPS) is 17.0. The van der Waals surface area contributed by atoms with Crippen LogP contribution in [0.15, 0.2) is 53.7 Å². The largest absolute Gasteiger partial charge is 0.595 e. The van der Waals surface area contributed by atoms with Gasteiger partial charge in [0, 0.05) is 17.7 Å².